The Morgan fingerprint density at radius 2 is 2.45 bits per heavy atom. The maximum Gasteiger partial charge on any atom is 0.262 e. The molecular weight excluding hydrogens is 348 g/mol. The number of amides is 1. The standard InChI is InChI=1S/C16H17BrN2O3/c1-21-15-5-4-11(8-14(15)17)7-12(9-18)16(20)19-10-13-3-2-6-22-13/h4-5,7-8,13H,2-3,6,10H2,1H3,(H,19,20)/b12-7+/t13-/m0/s1. The van der Waals surface area contributed by atoms with Crippen LogP contribution in [-0.2, 0) is 9.53 Å². The fraction of sp³-hybridized carbons (Fsp3) is 0.375. The van der Waals surface area contributed by atoms with Crippen LogP contribution in [0.4, 0.5) is 0 Å². The molecule has 22 heavy (non-hydrogen) atoms. The number of halogens is 1. The van der Waals surface area contributed by atoms with E-state index in [9.17, 15) is 10.1 Å². The molecule has 6 heteroatoms. The summed E-state index contributed by atoms with van der Waals surface area (Å²) in [6.07, 6.45) is 3.56. The highest BCUT2D eigenvalue weighted by Gasteiger charge is 2.17. The Bertz CT molecular complexity index is 616. The van der Waals surface area contributed by atoms with Gasteiger partial charge in [-0.3, -0.25) is 4.79 Å². The summed E-state index contributed by atoms with van der Waals surface area (Å²) in [6.45, 7) is 1.17. The Hall–Kier alpha value is -1.84. The summed E-state index contributed by atoms with van der Waals surface area (Å²) in [4.78, 5) is 12.0. The van der Waals surface area contributed by atoms with Crippen molar-refractivity contribution in [2.45, 2.75) is 18.9 Å². The molecule has 5 nitrogen and oxygen atoms in total. The number of carbonyl (C=O) groups excluding carboxylic acids is 1. The number of hydrogen-bond acceptors (Lipinski definition) is 4. The Morgan fingerprint density at radius 1 is 1.64 bits per heavy atom. The van der Waals surface area contributed by atoms with Crippen LogP contribution in [0.25, 0.3) is 6.08 Å². The molecule has 0 saturated carbocycles. The van der Waals surface area contributed by atoms with Crippen molar-refractivity contribution in [3.05, 3.63) is 33.8 Å². The molecule has 0 unspecified atom stereocenters. The molecule has 0 bridgehead atoms. The van der Waals surface area contributed by atoms with Crippen LogP contribution in [0.15, 0.2) is 28.2 Å². The van der Waals surface area contributed by atoms with Gasteiger partial charge in [-0.25, -0.2) is 0 Å². The minimum atomic E-state index is -0.384. The molecule has 1 amide bonds. The molecule has 1 aromatic carbocycles. The van der Waals surface area contributed by atoms with E-state index < -0.39 is 0 Å². The lowest BCUT2D eigenvalue weighted by molar-refractivity contribution is -0.117. The molecule has 2 rings (SSSR count). The quantitative estimate of drug-likeness (QED) is 0.643. The van der Waals surface area contributed by atoms with Gasteiger partial charge in [0, 0.05) is 13.2 Å². The summed E-state index contributed by atoms with van der Waals surface area (Å²) in [7, 11) is 1.58. The molecular formula is C16H17BrN2O3. The molecule has 1 atom stereocenters. The third-order valence-electron chi connectivity index (χ3n) is 3.37. The van der Waals surface area contributed by atoms with Gasteiger partial charge in [-0.1, -0.05) is 6.07 Å². The second-order valence-corrected chi connectivity index (χ2v) is 5.76. The molecule has 0 aromatic heterocycles. The summed E-state index contributed by atoms with van der Waals surface area (Å²) < 4.78 is 11.4. The molecule has 0 radical (unpaired) electrons. The lowest BCUT2D eigenvalue weighted by Crippen LogP contribution is -2.32. The molecule has 0 spiro atoms. The summed E-state index contributed by atoms with van der Waals surface area (Å²) in [6, 6.07) is 7.29. The van der Waals surface area contributed by atoms with Crippen LogP contribution in [-0.4, -0.2) is 32.3 Å². The van der Waals surface area contributed by atoms with Crippen molar-refractivity contribution in [2.75, 3.05) is 20.3 Å². The highest BCUT2D eigenvalue weighted by molar-refractivity contribution is 9.10. The highest BCUT2D eigenvalue weighted by Crippen LogP contribution is 2.26. The number of hydrogen-bond donors (Lipinski definition) is 1. The van der Waals surface area contributed by atoms with E-state index >= 15 is 0 Å². The van der Waals surface area contributed by atoms with E-state index in [0.717, 1.165) is 29.5 Å². The van der Waals surface area contributed by atoms with Crippen molar-refractivity contribution in [3.63, 3.8) is 0 Å². The highest BCUT2D eigenvalue weighted by atomic mass is 79.9. The van der Waals surface area contributed by atoms with Crippen LogP contribution >= 0.6 is 15.9 Å². The molecule has 1 heterocycles. The number of nitriles is 1. The van der Waals surface area contributed by atoms with E-state index in [1.165, 1.54) is 0 Å². The maximum absolute atomic E-state index is 12.0. The van der Waals surface area contributed by atoms with E-state index in [1.54, 1.807) is 31.4 Å². The average Bonchev–Trinajstić information content (AvgIpc) is 3.04. The van der Waals surface area contributed by atoms with Crippen molar-refractivity contribution in [3.8, 4) is 11.8 Å². The van der Waals surface area contributed by atoms with Crippen LogP contribution in [0.1, 0.15) is 18.4 Å². The predicted molar refractivity (Wildman–Crippen MR) is 86.3 cm³/mol. The third-order valence-corrected chi connectivity index (χ3v) is 3.99. The first-order valence-corrected chi connectivity index (χ1v) is 7.78. The first-order chi connectivity index (χ1) is 10.6. The number of methoxy groups -OCH3 is 1. The minimum absolute atomic E-state index is 0.0547. The van der Waals surface area contributed by atoms with Crippen molar-refractivity contribution >= 4 is 27.9 Å². The second-order valence-electron chi connectivity index (χ2n) is 4.91. The van der Waals surface area contributed by atoms with Crippen LogP contribution in [0.5, 0.6) is 5.75 Å². The van der Waals surface area contributed by atoms with Gasteiger partial charge in [-0.15, -0.1) is 0 Å². The number of nitrogens with zero attached hydrogens (tertiary/aromatic N) is 1. The Morgan fingerprint density at radius 3 is 3.05 bits per heavy atom. The maximum atomic E-state index is 12.0. The topological polar surface area (TPSA) is 71.3 Å². The lowest BCUT2D eigenvalue weighted by atomic mass is 10.1. The molecule has 1 saturated heterocycles. The minimum Gasteiger partial charge on any atom is -0.496 e. The number of ether oxygens (including phenoxy) is 2. The van der Waals surface area contributed by atoms with Gasteiger partial charge in [-0.05, 0) is 52.5 Å². The van der Waals surface area contributed by atoms with Gasteiger partial charge in [0.1, 0.15) is 17.4 Å². The molecule has 1 aliphatic rings. The Kier molecular flexibility index (Phi) is 5.99. The molecule has 1 aliphatic heterocycles. The fourth-order valence-corrected chi connectivity index (χ4v) is 2.75. The van der Waals surface area contributed by atoms with Gasteiger partial charge in [-0.2, -0.15) is 5.26 Å². The van der Waals surface area contributed by atoms with Crippen molar-refractivity contribution in [1.29, 1.82) is 5.26 Å². The number of carbonyl (C=O) groups is 1. The molecule has 0 aliphatic carbocycles. The number of benzene rings is 1. The smallest absolute Gasteiger partial charge is 0.262 e. The predicted octanol–water partition coefficient (Wildman–Crippen LogP) is 2.66. The largest absolute Gasteiger partial charge is 0.496 e. The van der Waals surface area contributed by atoms with Gasteiger partial charge in [0.05, 0.1) is 17.7 Å². The van der Waals surface area contributed by atoms with E-state index in [0.29, 0.717) is 12.3 Å². The first-order valence-electron chi connectivity index (χ1n) is 6.99. The summed E-state index contributed by atoms with van der Waals surface area (Å²) in [5.41, 5.74) is 0.812. The normalized spacial score (nSPS) is 17.9. The van der Waals surface area contributed by atoms with E-state index in [1.807, 2.05) is 6.07 Å². The molecule has 1 aromatic rings. The van der Waals surface area contributed by atoms with Crippen LogP contribution in [0, 0.1) is 11.3 Å². The number of rotatable bonds is 5. The second kappa shape index (κ2) is 7.97. The lowest BCUT2D eigenvalue weighted by Gasteiger charge is -2.10. The zero-order valence-electron chi connectivity index (χ0n) is 12.3. The monoisotopic (exact) mass is 364 g/mol. The van der Waals surface area contributed by atoms with E-state index in [-0.39, 0.29) is 17.6 Å². The Balaban J connectivity index is 2.04. The summed E-state index contributed by atoms with van der Waals surface area (Å²) in [5, 5.41) is 11.9. The van der Waals surface area contributed by atoms with Crippen LogP contribution < -0.4 is 10.1 Å². The van der Waals surface area contributed by atoms with Gasteiger partial charge < -0.3 is 14.8 Å². The van der Waals surface area contributed by atoms with Crippen LogP contribution in [0.2, 0.25) is 0 Å². The third kappa shape index (κ3) is 4.33. The first kappa shape index (κ1) is 16.5. The summed E-state index contributed by atoms with van der Waals surface area (Å²) >= 11 is 3.38. The Labute approximate surface area is 138 Å². The van der Waals surface area contributed by atoms with Gasteiger partial charge in [0.15, 0.2) is 0 Å². The molecule has 116 valence electrons. The van der Waals surface area contributed by atoms with Crippen molar-refractivity contribution in [1.82, 2.24) is 5.32 Å². The van der Waals surface area contributed by atoms with E-state index in [4.69, 9.17) is 9.47 Å². The van der Waals surface area contributed by atoms with Gasteiger partial charge >= 0.3 is 0 Å². The zero-order chi connectivity index (χ0) is 15.9. The fourth-order valence-electron chi connectivity index (χ4n) is 2.19. The van der Waals surface area contributed by atoms with Crippen LogP contribution in [0.3, 0.4) is 0 Å². The van der Waals surface area contributed by atoms with E-state index in [2.05, 4.69) is 21.2 Å². The van der Waals surface area contributed by atoms with Gasteiger partial charge in [0.2, 0.25) is 0 Å². The van der Waals surface area contributed by atoms with Crippen molar-refractivity contribution in [2.24, 2.45) is 0 Å². The average molecular weight is 365 g/mol. The van der Waals surface area contributed by atoms with Crippen molar-refractivity contribution < 1.29 is 14.3 Å². The molecule has 1 N–H and O–H groups in total. The zero-order valence-corrected chi connectivity index (χ0v) is 13.9. The SMILES string of the molecule is COc1ccc(/C=C(\C#N)C(=O)NC[C@@H]2CCCO2)cc1Br. The number of nitrogens with one attached hydrogen (secondary N) is 1. The molecule has 1 fully saturated rings. The van der Waals surface area contributed by atoms with Gasteiger partial charge in [0.25, 0.3) is 5.91 Å². The summed E-state index contributed by atoms with van der Waals surface area (Å²) in [5.74, 6) is 0.309.